The Bertz CT molecular complexity index is 960. The summed E-state index contributed by atoms with van der Waals surface area (Å²) in [6.07, 6.45) is 0. The number of aromatic amines is 1. The second kappa shape index (κ2) is 7.48. The van der Waals surface area contributed by atoms with Crippen LogP contribution < -0.4 is 5.48 Å². The van der Waals surface area contributed by atoms with Crippen LogP contribution in [0.15, 0.2) is 42.5 Å². The van der Waals surface area contributed by atoms with Crippen LogP contribution in [0.3, 0.4) is 0 Å². The van der Waals surface area contributed by atoms with Crippen molar-refractivity contribution in [3.63, 3.8) is 0 Å². The monoisotopic (exact) mass is 365 g/mol. The number of benzene rings is 2. The first-order chi connectivity index (χ1) is 13.1. The van der Waals surface area contributed by atoms with Crippen LogP contribution in [0.1, 0.15) is 15.9 Å². The molecule has 0 radical (unpaired) electrons. The number of imidazole rings is 1. The van der Waals surface area contributed by atoms with E-state index in [2.05, 4.69) is 45.0 Å². The van der Waals surface area contributed by atoms with Gasteiger partial charge in [0.2, 0.25) is 0 Å². The first kappa shape index (κ1) is 17.7. The Kier molecular flexibility index (Phi) is 4.89. The summed E-state index contributed by atoms with van der Waals surface area (Å²) in [6.45, 7) is 5.31. The number of aromatic nitrogens is 2. The second-order valence-corrected chi connectivity index (χ2v) is 7.04. The molecule has 3 N–H and O–H groups in total. The Labute approximate surface area is 157 Å². The maximum atomic E-state index is 11.6. The number of piperazine rings is 1. The molecule has 7 nitrogen and oxygen atoms in total. The fourth-order valence-corrected chi connectivity index (χ4v) is 3.43. The van der Waals surface area contributed by atoms with Crippen molar-refractivity contribution in [1.82, 2.24) is 25.2 Å². The Hall–Kier alpha value is -2.74. The predicted octanol–water partition coefficient (Wildman–Crippen LogP) is 2.10. The van der Waals surface area contributed by atoms with Gasteiger partial charge < -0.3 is 9.88 Å². The average Bonchev–Trinajstić information content (AvgIpc) is 3.13. The lowest BCUT2D eigenvalue weighted by molar-refractivity contribution is 0.0706. The number of rotatable bonds is 4. The lowest BCUT2D eigenvalue weighted by Crippen LogP contribution is -2.43. The van der Waals surface area contributed by atoms with E-state index in [1.807, 2.05) is 6.07 Å². The van der Waals surface area contributed by atoms with Crippen LogP contribution >= 0.6 is 0 Å². The van der Waals surface area contributed by atoms with E-state index in [0.717, 1.165) is 55.1 Å². The minimum atomic E-state index is -0.540. The van der Waals surface area contributed by atoms with Crippen molar-refractivity contribution < 1.29 is 10.0 Å². The molecule has 1 amide bonds. The largest absolute Gasteiger partial charge is 0.338 e. The van der Waals surface area contributed by atoms with Gasteiger partial charge in [-0.1, -0.05) is 18.2 Å². The van der Waals surface area contributed by atoms with Gasteiger partial charge in [0.1, 0.15) is 5.82 Å². The minimum absolute atomic E-state index is 0.379. The fourth-order valence-electron chi connectivity index (χ4n) is 3.43. The molecule has 27 heavy (non-hydrogen) atoms. The molecule has 1 saturated heterocycles. The molecule has 1 aliphatic rings. The maximum absolute atomic E-state index is 11.6. The van der Waals surface area contributed by atoms with Gasteiger partial charge in [-0.2, -0.15) is 0 Å². The van der Waals surface area contributed by atoms with Crippen molar-refractivity contribution in [2.75, 3.05) is 33.2 Å². The Morgan fingerprint density at radius 3 is 2.78 bits per heavy atom. The Morgan fingerprint density at radius 2 is 2.00 bits per heavy atom. The maximum Gasteiger partial charge on any atom is 0.274 e. The molecule has 2 aromatic carbocycles. The van der Waals surface area contributed by atoms with E-state index in [1.54, 1.807) is 23.7 Å². The molecule has 3 aromatic rings. The number of amides is 1. The molecule has 0 atom stereocenters. The lowest BCUT2D eigenvalue weighted by atomic mass is 10.1. The van der Waals surface area contributed by atoms with Crippen LogP contribution in [-0.2, 0) is 6.54 Å². The van der Waals surface area contributed by atoms with E-state index in [1.165, 1.54) is 5.56 Å². The number of nitrogens with one attached hydrogen (secondary N) is 2. The number of hydrogen-bond acceptors (Lipinski definition) is 5. The number of carbonyl (C=O) groups excluding carboxylic acids is 1. The minimum Gasteiger partial charge on any atom is -0.338 e. The molecular weight excluding hydrogens is 342 g/mol. The standard InChI is InChI=1S/C20H23N5O2/c1-24-7-9-25(10-8-24)13-14-3-2-4-15(11-14)19-21-17-6-5-16(20(26)23-27)12-18(17)22-19/h2-6,11-12,27H,7-10,13H2,1H3,(H,21,22)(H,23,26). The molecular formula is C20H23N5O2. The van der Waals surface area contributed by atoms with Crippen LogP contribution in [0.25, 0.3) is 22.4 Å². The van der Waals surface area contributed by atoms with Crippen LogP contribution in [0.2, 0.25) is 0 Å². The smallest absolute Gasteiger partial charge is 0.274 e. The van der Waals surface area contributed by atoms with E-state index < -0.39 is 5.91 Å². The third-order valence-corrected chi connectivity index (χ3v) is 5.05. The second-order valence-electron chi connectivity index (χ2n) is 7.04. The molecule has 0 saturated carbocycles. The van der Waals surface area contributed by atoms with Crippen LogP contribution in [0.4, 0.5) is 0 Å². The van der Waals surface area contributed by atoms with Crippen molar-refractivity contribution in [3.05, 3.63) is 53.6 Å². The molecule has 7 heteroatoms. The summed E-state index contributed by atoms with van der Waals surface area (Å²) in [5, 5.41) is 8.79. The van der Waals surface area contributed by atoms with Gasteiger partial charge in [0.05, 0.1) is 11.0 Å². The Morgan fingerprint density at radius 1 is 1.19 bits per heavy atom. The summed E-state index contributed by atoms with van der Waals surface area (Å²) >= 11 is 0. The summed E-state index contributed by atoms with van der Waals surface area (Å²) in [5.41, 5.74) is 5.85. The van der Waals surface area contributed by atoms with E-state index >= 15 is 0 Å². The van der Waals surface area contributed by atoms with Crippen molar-refractivity contribution in [2.24, 2.45) is 0 Å². The highest BCUT2D eigenvalue weighted by atomic mass is 16.5. The van der Waals surface area contributed by atoms with Crippen molar-refractivity contribution in [2.45, 2.75) is 6.54 Å². The molecule has 2 heterocycles. The fraction of sp³-hybridized carbons (Fsp3) is 0.300. The van der Waals surface area contributed by atoms with Crippen molar-refractivity contribution >= 4 is 16.9 Å². The third kappa shape index (κ3) is 3.85. The number of likely N-dealkylation sites (N-methyl/N-ethyl adjacent to an activating group) is 1. The molecule has 1 aromatic heterocycles. The summed E-state index contributed by atoms with van der Waals surface area (Å²) < 4.78 is 0. The highest BCUT2D eigenvalue weighted by Crippen LogP contribution is 2.23. The van der Waals surface area contributed by atoms with Crippen LogP contribution in [0, 0.1) is 0 Å². The van der Waals surface area contributed by atoms with Gasteiger partial charge in [0, 0.05) is 43.9 Å². The Balaban J connectivity index is 1.57. The molecule has 1 fully saturated rings. The van der Waals surface area contributed by atoms with Crippen molar-refractivity contribution in [3.8, 4) is 11.4 Å². The zero-order valence-electron chi connectivity index (χ0n) is 15.3. The van der Waals surface area contributed by atoms with E-state index in [-0.39, 0.29) is 0 Å². The van der Waals surface area contributed by atoms with E-state index in [4.69, 9.17) is 5.21 Å². The average molecular weight is 365 g/mol. The molecule has 1 aliphatic heterocycles. The molecule has 0 spiro atoms. The summed E-state index contributed by atoms with van der Waals surface area (Å²) in [7, 11) is 2.16. The molecule has 140 valence electrons. The van der Waals surface area contributed by atoms with E-state index in [0.29, 0.717) is 5.56 Å². The predicted molar refractivity (Wildman–Crippen MR) is 104 cm³/mol. The van der Waals surface area contributed by atoms with Gasteiger partial charge in [-0.15, -0.1) is 0 Å². The number of fused-ring (bicyclic) bond motifs is 1. The molecule has 0 unspecified atom stereocenters. The summed E-state index contributed by atoms with van der Waals surface area (Å²) in [6, 6.07) is 13.5. The number of hydrogen-bond donors (Lipinski definition) is 3. The number of nitrogens with zero attached hydrogens (tertiary/aromatic N) is 3. The first-order valence-electron chi connectivity index (χ1n) is 9.07. The highest BCUT2D eigenvalue weighted by molar-refractivity contribution is 5.97. The summed E-state index contributed by atoms with van der Waals surface area (Å²) in [4.78, 5) is 24.3. The normalized spacial score (nSPS) is 15.9. The van der Waals surface area contributed by atoms with Crippen molar-refractivity contribution in [1.29, 1.82) is 0 Å². The topological polar surface area (TPSA) is 84.5 Å². The lowest BCUT2D eigenvalue weighted by Gasteiger charge is -2.32. The van der Waals surface area contributed by atoms with Crippen LogP contribution in [0.5, 0.6) is 0 Å². The van der Waals surface area contributed by atoms with Gasteiger partial charge in [-0.3, -0.25) is 14.9 Å². The number of hydroxylamine groups is 1. The summed E-state index contributed by atoms with van der Waals surface area (Å²) in [5.74, 6) is 0.231. The molecule has 0 aliphatic carbocycles. The van der Waals surface area contributed by atoms with Gasteiger partial charge >= 0.3 is 0 Å². The van der Waals surface area contributed by atoms with Gasteiger partial charge in [-0.05, 0) is 36.9 Å². The SMILES string of the molecule is CN1CCN(Cc2cccc(-c3nc4ccc(C(=O)NO)cc4[nH]3)c2)CC1. The van der Waals surface area contributed by atoms with Crippen LogP contribution in [-0.4, -0.2) is 64.1 Å². The zero-order valence-corrected chi connectivity index (χ0v) is 15.3. The third-order valence-electron chi connectivity index (χ3n) is 5.05. The van der Waals surface area contributed by atoms with E-state index in [9.17, 15) is 4.79 Å². The van der Waals surface area contributed by atoms with Gasteiger partial charge in [0.25, 0.3) is 5.91 Å². The quantitative estimate of drug-likeness (QED) is 0.487. The van der Waals surface area contributed by atoms with Gasteiger partial charge in [-0.25, -0.2) is 10.5 Å². The highest BCUT2D eigenvalue weighted by Gasteiger charge is 2.15. The first-order valence-corrected chi connectivity index (χ1v) is 9.07. The molecule has 4 rings (SSSR count). The van der Waals surface area contributed by atoms with Gasteiger partial charge in [0.15, 0.2) is 0 Å². The molecule has 0 bridgehead atoms. The zero-order chi connectivity index (χ0) is 18.8. The number of carbonyl (C=O) groups is 1. The number of H-pyrrole nitrogens is 1.